The summed E-state index contributed by atoms with van der Waals surface area (Å²) in [6.07, 6.45) is 6.73. The van der Waals surface area contributed by atoms with Gasteiger partial charge in [0.2, 0.25) is 0 Å². The number of anilines is 3. The summed E-state index contributed by atoms with van der Waals surface area (Å²) in [6, 6.07) is 11.4. The van der Waals surface area contributed by atoms with E-state index in [0.29, 0.717) is 34.6 Å². The summed E-state index contributed by atoms with van der Waals surface area (Å²) in [5, 5.41) is 15.7. The lowest BCUT2D eigenvalue weighted by molar-refractivity contribution is 0.240. The molecule has 40 heavy (non-hydrogen) atoms. The fourth-order valence-electron chi connectivity index (χ4n) is 4.74. The van der Waals surface area contributed by atoms with E-state index in [1.54, 1.807) is 21.3 Å². The summed E-state index contributed by atoms with van der Waals surface area (Å²) < 4.78 is 25.3. The molecule has 11 heteroatoms. The Morgan fingerprint density at radius 3 is 2.35 bits per heavy atom. The van der Waals surface area contributed by atoms with Crippen molar-refractivity contribution >= 4 is 40.2 Å². The average Bonchev–Trinajstić information content (AvgIpc) is 3.63. The largest absolute Gasteiger partial charge is 0.495 e. The number of aromatic nitrogens is 3. The molecule has 214 valence electrons. The molecule has 0 amide bonds. The lowest BCUT2D eigenvalue weighted by Gasteiger charge is -2.24. The van der Waals surface area contributed by atoms with E-state index < -0.39 is 0 Å². The summed E-state index contributed by atoms with van der Waals surface area (Å²) >= 11 is 1.33. The van der Waals surface area contributed by atoms with Crippen molar-refractivity contribution in [1.29, 1.82) is 0 Å². The van der Waals surface area contributed by atoms with Gasteiger partial charge in [0.1, 0.15) is 22.1 Å². The predicted octanol–water partition coefficient (Wildman–Crippen LogP) is 6.81. The number of hydrogen-bond donors (Lipinski definition) is 3. The Bertz CT molecular complexity index is 1370. The van der Waals surface area contributed by atoms with Crippen molar-refractivity contribution in [3.05, 3.63) is 42.1 Å². The first-order chi connectivity index (χ1) is 19.6. The Morgan fingerprint density at radius 2 is 1.73 bits per heavy atom. The van der Waals surface area contributed by atoms with Gasteiger partial charge in [-0.25, -0.2) is 0 Å². The topological polar surface area (TPSA) is 110 Å². The first kappa shape index (κ1) is 28.0. The van der Waals surface area contributed by atoms with E-state index in [9.17, 15) is 0 Å². The summed E-state index contributed by atoms with van der Waals surface area (Å²) in [7, 11) is 4.87. The van der Waals surface area contributed by atoms with Crippen LogP contribution in [-0.4, -0.2) is 61.2 Å². The molecule has 0 spiro atoms. The van der Waals surface area contributed by atoms with Gasteiger partial charge in [-0.2, -0.15) is 5.10 Å². The second kappa shape index (κ2) is 13.2. The molecule has 1 aliphatic heterocycles. The maximum atomic E-state index is 5.61. The van der Waals surface area contributed by atoms with E-state index in [4.69, 9.17) is 18.7 Å². The lowest BCUT2D eigenvalue weighted by atomic mass is 10.1. The van der Waals surface area contributed by atoms with Crippen molar-refractivity contribution in [2.75, 3.05) is 51.0 Å². The van der Waals surface area contributed by atoms with Gasteiger partial charge in [0.05, 0.1) is 32.4 Å². The van der Waals surface area contributed by atoms with Crippen LogP contribution in [0.1, 0.15) is 50.6 Å². The minimum atomic E-state index is 0.568. The minimum absolute atomic E-state index is 0.568. The van der Waals surface area contributed by atoms with E-state index >= 15 is 0 Å². The Kier molecular flexibility index (Phi) is 9.22. The quantitative estimate of drug-likeness (QED) is 0.177. The van der Waals surface area contributed by atoms with Gasteiger partial charge >= 0.3 is 0 Å². The molecule has 2 aromatic heterocycles. The normalized spacial score (nSPS) is 15.3. The Labute approximate surface area is 239 Å². The van der Waals surface area contributed by atoms with Gasteiger partial charge in [0.25, 0.3) is 0 Å². The second-order valence-corrected chi connectivity index (χ2v) is 10.7. The third-order valence-electron chi connectivity index (χ3n) is 7.20. The van der Waals surface area contributed by atoms with Crippen LogP contribution in [0.4, 0.5) is 17.3 Å². The molecule has 3 heterocycles. The number of nitrogens with one attached hydrogen (secondary N) is 3. The summed E-state index contributed by atoms with van der Waals surface area (Å²) in [5.41, 5.74) is 2.51. The highest BCUT2D eigenvalue weighted by molar-refractivity contribution is 8.00. The highest BCUT2D eigenvalue weighted by Crippen LogP contribution is 2.42. The SMILES string of the molecule is CCN1CCCCC1.COc1cc2c(NSc3c(OC)cccc3OC)noc2cc1Nc1cc(C2CC2)[nH]n1. The van der Waals surface area contributed by atoms with Crippen LogP contribution in [0.2, 0.25) is 0 Å². The van der Waals surface area contributed by atoms with Crippen LogP contribution in [0, 0.1) is 0 Å². The van der Waals surface area contributed by atoms with Crippen molar-refractivity contribution in [1.82, 2.24) is 20.3 Å². The van der Waals surface area contributed by atoms with E-state index in [-0.39, 0.29) is 0 Å². The molecule has 1 saturated carbocycles. The Morgan fingerprint density at radius 1 is 1.00 bits per heavy atom. The van der Waals surface area contributed by atoms with Crippen molar-refractivity contribution in [2.24, 2.45) is 0 Å². The van der Waals surface area contributed by atoms with E-state index in [1.807, 2.05) is 36.4 Å². The highest BCUT2D eigenvalue weighted by Gasteiger charge is 2.26. The number of likely N-dealkylation sites (tertiary alicyclic amines) is 1. The number of aromatic amines is 1. The van der Waals surface area contributed by atoms with E-state index in [2.05, 4.69) is 37.2 Å². The molecule has 2 aromatic carbocycles. The van der Waals surface area contributed by atoms with E-state index in [0.717, 1.165) is 27.5 Å². The molecule has 10 nitrogen and oxygen atoms in total. The van der Waals surface area contributed by atoms with Crippen molar-refractivity contribution in [3.8, 4) is 17.2 Å². The molecular formula is C29H38N6O4S. The molecule has 1 aliphatic carbocycles. The second-order valence-electron chi connectivity index (χ2n) is 9.88. The van der Waals surface area contributed by atoms with Gasteiger partial charge in [-0.3, -0.25) is 5.10 Å². The fraction of sp³-hybridized carbons (Fsp3) is 0.448. The summed E-state index contributed by atoms with van der Waals surface area (Å²) in [6.45, 7) is 6.18. The van der Waals surface area contributed by atoms with Gasteiger partial charge in [-0.05, 0) is 75.5 Å². The summed E-state index contributed by atoms with van der Waals surface area (Å²) in [5.74, 6) is 3.95. The zero-order valence-corrected chi connectivity index (χ0v) is 24.4. The molecule has 6 rings (SSSR count). The van der Waals surface area contributed by atoms with Crippen LogP contribution < -0.4 is 24.2 Å². The van der Waals surface area contributed by atoms with Gasteiger partial charge < -0.3 is 33.7 Å². The molecule has 0 bridgehead atoms. The average molecular weight is 567 g/mol. The smallest absolute Gasteiger partial charge is 0.187 e. The molecule has 3 N–H and O–H groups in total. The maximum Gasteiger partial charge on any atom is 0.187 e. The number of H-pyrrole nitrogens is 1. The molecule has 4 aromatic rings. The summed E-state index contributed by atoms with van der Waals surface area (Å²) in [4.78, 5) is 3.33. The number of rotatable bonds is 10. The zero-order valence-electron chi connectivity index (χ0n) is 23.6. The lowest BCUT2D eigenvalue weighted by Crippen LogP contribution is -2.29. The first-order valence-electron chi connectivity index (χ1n) is 13.8. The van der Waals surface area contributed by atoms with Gasteiger partial charge in [-0.1, -0.05) is 24.6 Å². The molecule has 2 fully saturated rings. The number of benzene rings is 2. The van der Waals surface area contributed by atoms with Crippen LogP contribution in [0.15, 0.2) is 45.8 Å². The molecule has 0 radical (unpaired) electrons. The first-order valence-corrected chi connectivity index (χ1v) is 14.6. The van der Waals surface area contributed by atoms with Crippen LogP contribution in [-0.2, 0) is 0 Å². The van der Waals surface area contributed by atoms with Crippen molar-refractivity contribution in [2.45, 2.75) is 49.8 Å². The van der Waals surface area contributed by atoms with Crippen LogP contribution in [0.3, 0.4) is 0 Å². The van der Waals surface area contributed by atoms with Gasteiger partial charge in [-0.15, -0.1) is 0 Å². The molecule has 1 saturated heterocycles. The number of ether oxygens (including phenoxy) is 3. The van der Waals surface area contributed by atoms with Gasteiger partial charge in [0, 0.05) is 23.7 Å². The third kappa shape index (κ3) is 6.59. The zero-order chi connectivity index (χ0) is 27.9. The number of methoxy groups -OCH3 is 3. The van der Waals surface area contributed by atoms with Gasteiger partial charge in [0.15, 0.2) is 17.2 Å². The monoisotopic (exact) mass is 566 g/mol. The van der Waals surface area contributed by atoms with Crippen molar-refractivity contribution < 1.29 is 18.7 Å². The standard InChI is InChI=1S/C22H23N5O4S.C7H15N/c1-28-16-5-4-6-17(29-2)21(16)32-27-22-13-9-19(30-3)15(10-18(13)31-26-22)23-20-11-14(24-25-20)12-7-8-12;1-2-8-6-4-3-5-7-8/h4-6,9-12H,7-8H2,1-3H3,(H,26,27)(H2,23,24,25);2-7H2,1H3. The molecule has 0 unspecified atom stereocenters. The Balaban J connectivity index is 0.000000348. The van der Waals surface area contributed by atoms with Crippen LogP contribution >= 0.6 is 11.9 Å². The molecule has 0 atom stereocenters. The number of fused-ring (bicyclic) bond motifs is 1. The number of hydrogen-bond acceptors (Lipinski definition) is 10. The van der Waals surface area contributed by atoms with E-state index in [1.165, 1.54) is 63.7 Å². The van der Waals surface area contributed by atoms with Crippen LogP contribution in [0.5, 0.6) is 17.2 Å². The van der Waals surface area contributed by atoms with Crippen molar-refractivity contribution in [3.63, 3.8) is 0 Å². The van der Waals surface area contributed by atoms with Crippen LogP contribution in [0.25, 0.3) is 11.0 Å². The molecule has 2 aliphatic rings. The maximum absolute atomic E-state index is 5.61. The number of nitrogens with zero attached hydrogens (tertiary/aromatic N) is 3. The minimum Gasteiger partial charge on any atom is -0.495 e. The number of piperidine rings is 1. The predicted molar refractivity (Wildman–Crippen MR) is 159 cm³/mol. The Hall–Kier alpha value is -3.57. The highest BCUT2D eigenvalue weighted by atomic mass is 32.2. The molecular weight excluding hydrogens is 528 g/mol. The third-order valence-corrected chi connectivity index (χ3v) is 8.10. The fourth-order valence-corrected chi connectivity index (χ4v) is 5.59.